The van der Waals surface area contributed by atoms with Gasteiger partial charge in [0.2, 0.25) is 0 Å². The normalized spacial score (nSPS) is 21.7. The third-order valence-electron chi connectivity index (χ3n) is 1.64. The van der Waals surface area contributed by atoms with Crippen molar-refractivity contribution in [3.05, 3.63) is 24.5 Å². The molecule has 1 aliphatic rings. The molecule has 2 rings (SSSR count). The molecule has 0 bridgehead atoms. The van der Waals surface area contributed by atoms with E-state index in [1.54, 1.807) is 4.57 Å². The average Bonchev–Trinajstić information content (AvgIpc) is 2.75. The van der Waals surface area contributed by atoms with Crippen LogP contribution in [-0.2, 0) is 9.53 Å². The predicted octanol–water partition coefficient (Wildman–Crippen LogP) is 0.290. The van der Waals surface area contributed by atoms with Crippen LogP contribution < -0.4 is 0 Å². The zero-order chi connectivity index (χ0) is 8.39. The molecule has 0 amide bonds. The molecule has 1 aliphatic heterocycles. The number of rotatable bonds is 1. The van der Waals surface area contributed by atoms with Crippen molar-refractivity contribution in [3.63, 3.8) is 0 Å². The van der Waals surface area contributed by atoms with Crippen LogP contribution in [0.15, 0.2) is 29.5 Å². The lowest BCUT2D eigenvalue weighted by Crippen LogP contribution is -2.17. The average molecular weight is 164 g/mol. The Morgan fingerprint density at radius 3 is 2.92 bits per heavy atom. The smallest absolute Gasteiger partial charge is 0.296 e. The maximum atomic E-state index is 10.3. The fourth-order valence-corrected chi connectivity index (χ4v) is 1.05. The van der Waals surface area contributed by atoms with Gasteiger partial charge in [0.15, 0.2) is 12.4 Å². The molecule has 0 radical (unpaired) electrons. The molecule has 0 spiro atoms. The quantitative estimate of drug-likeness (QED) is 0.560. The molecule has 2 heterocycles. The van der Waals surface area contributed by atoms with E-state index in [1.165, 1.54) is 0 Å². The van der Waals surface area contributed by atoms with Crippen molar-refractivity contribution in [1.29, 1.82) is 0 Å². The van der Waals surface area contributed by atoms with Gasteiger partial charge in [0, 0.05) is 12.4 Å². The number of carbonyl (C=O) groups is 1. The van der Waals surface area contributed by atoms with Gasteiger partial charge < -0.3 is 4.74 Å². The Kier molecular flexibility index (Phi) is 1.66. The molecule has 4 heteroatoms. The van der Waals surface area contributed by atoms with Crippen molar-refractivity contribution in [2.24, 2.45) is 4.99 Å². The van der Waals surface area contributed by atoms with Crippen LogP contribution in [0.2, 0.25) is 0 Å². The molecule has 12 heavy (non-hydrogen) atoms. The highest BCUT2D eigenvalue weighted by Crippen LogP contribution is 2.04. The Balaban J connectivity index is 2.14. The first-order chi connectivity index (χ1) is 5.90. The minimum atomic E-state index is -0.401. The second-order valence-corrected chi connectivity index (χ2v) is 2.51. The molecule has 62 valence electrons. The minimum absolute atomic E-state index is 0.401. The summed E-state index contributed by atoms with van der Waals surface area (Å²) in [6.07, 6.45) is 4.01. The molecule has 0 saturated carbocycles. The fraction of sp³-hybridized carbons (Fsp3) is 0.250. The molecule has 1 unspecified atom stereocenters. The zero-order valence-electron chi connectivity index (χ0n) is 6.38. The number of nitrogens with zero attached hydrogens (tertiary/aromatic N) is 2. The Morgan fingerprint density at radius 2 is 2.33 bits per heavy atom. The summed E-state index contributed by atoms with van der Waals surface area (Å²) in [5, 5.41) is 0. The Bertz CT molecular complexity index is 303. The summed E-state index contributed by atoms with van der Waals surface area (Å²) in [5.74, 6) is 0. The van der Waals surface area contributed by atoms with Crippen LogP contribution in [-0.4, -0.2) is 29.5 Å². The van der Waals surface area contributed by atoms with Crippen molar-refractivity contribution in [1.82, 2.24) is 4.57 Å². The Morgan fingerprint density at radius 1 is 1.58 bits per heavy atom. The van der Waals surface area contributed by atoms with Gasteiger partial charge in [0.25, 0.3) is 6.02 Å². The number of hydrogen-bond donors (Lipinski definition) is 0. The van der Waals surface area contributed by atoms with E-state index in [-0.39, 0.29) is 0 Å². The molecule has 0 N–H and O–H groups in total. The summed E-state index contributed by atoms with van der Waals surface area (Å²) in [7, 11) is 0. The summed E-state index contributed by atoms with van der Waals surface area (Å²) >= 11 is 0. The van der Waals surface area contributed by atoms with E-state index in [0.717, 1.165) is 6.29 Å². The van der Waals surface area contributed by atoms with Gasteiger partial charge in [-0.05, 0) is 12.1 Å². The summed E-state index contributed by atoms with van der Waals surface area (Å²) < 4.78 is 6.94. The predicted molar refractivity (Wildman–Crippen MR) is 43.1 cm³/mol. The molecule has 0 saturated heterocycles. The maximum Gasteiger partial charge on any atom is 0.296 e. The van der Waals surface area contributed by atoms with Crippen molar-refractivity contribution in [2.75, 3.05) is 6.54 Å². The number of aromatic nitrogens is 1. The van der Waals surface area contributed by atoms with Gasteiger partial charge in [-0.25, -0.2) is 4.99 Å². The molecule has 1 aromatic heterocycles. The van der Waals surface area contributed by atoms with Gasteiger partial charge in [0.1, 0.15) is 0 Å². The van der Waals surface area contributed by atoms with Gasteiger partial charge in [-0.2, -0.15) is 0 Å². The first-order valence-electron chi connectivity index (χ1n) is 3.70. The lowest BCUT2D eigenvalue weighted by molar-refractivity contribution is -0.113. The maximum absolute atomic E-state index is 10.3. The molecular weight excluding hydrogens is 156 g/mol. The number of ether oxygens (including phenoxy) is 1. The number of aldehydes is 1. The molecule has 0 aliphatic carbocycles. The Hall–Kier alpha value is -1.58. The van der Waals surface area contributed by atoms with E-state index < -0.39 is 6.10 Å². The van der Waals surface area contributed by atoms with Gasteiger partial charge in [0.05, 0.1) is 6.54 Å². The van der Waals surface area contributed by atoms with E-state index in [4.69, 9.17) is 4.74 Å². The third-order valence-corrected chi connectivity index (χ3v) is 1.64. The highest BCUT2D eigenvalue weighted by molar-refractivity contribution is 5.80. The third kappa shape index (κ3) is 1.11. The van der Waals surface area contributed by atoms with Crippen LogP contribution >= 0.6 is 0 Å². The lowest BCUT2D eigenvalue weighted by Gasteiger charge is -2.03. The van der Waals surface area contributed by atoms with Crippen molar-refractivity contribution < 1.29 is 9.53 Å². The SMILES string of the molecule is O=CC1CN=C(n2cccc2)O1. The highest BCUT2D eigenvalue weighted by Gasteiger charge is 2.19. The largest absolute Gasteiger partial charge is 0.452 e. The van der Waals surface area contributed by atoms with Crippen LogP contribution in [0.25, 0.3) is 0 Å². The van der Waals surface area contributed by atoms with E-state index in [0.29, 0.717) is 12.6 Å². The molecule has 0 aromatic carbocycles. The minimum Gasteiger partial charge on any atom is -0.452 e. The van der Waals surface area contributed by atoms with Crippen LogP contribution in [0.1, 0.15) is 0 Å². The number of aliphatic imine (C=N–C) groups is 1. The summed E-state index contributed by atoms with van der Waals surface area (Å²) in [6, 6.07) is 4.25. The Labute approximate surface area is 69.5 Å². The van der Waals surface area contributed by atoms with E-state index in [2.05, 4.69) is 4.99 Å². The first kappa shape index (κ1) is 7.09. The lowest BCUT2D eigenvalue weighted by atomic mass is 10.4. The van der Waals surface area contributed by atoms with Gasteiger partial charge in [-0.15, -0.1) is 0 Å². The van der Waals surface area contributed by atoms with Gasteiger partial charge in [-0.1, -0.05) is 0 Å². The summed E-state index contributed by atoms with van der Waals surface area (Å²) in [5.41, 5.74) is 0. The fourth-order valence-electron chi connectivity index (χ4n) is 1.05. The topological polar surface area (TPSA) is 43.6 Å². The first-order valence-corrected chi connectivity index (χ1v) is 3.70. The molecule has 1 atom stereocenters. The van der Waals surface area contributed by atoms with E-state index >= 15 is 0 Å². The van der Waals surface area contributed by atoms with Crippen molar-refractivity contribution in [3.8, 4) is 0 Å². The summed E-state index contributed by atoms with van der Waals surface area (Å²) in [4.78, 5) is 14.4. The van der Waals surface area contributed by atoms with Gasteiger partial charge in [-0.3, -0.25) is 9.36 Å². The molecule has 4 nitrogen and oxygen atoms in total. The van der Waals surface area contributed by atoms with Crippen LogP contribution in [0.4, 0.5) is 0 Å². The zero-order valence-corrected chi connectivity index (χ0v) is 6.38. The van der Waals surface area contributed by atoms with Gasteiger partial charge >= 0.3 is 0 Å². The number of hydrogen-bond acceptors (Lipinski definition) is 3. The van der Waals surface area contributed by atoms with Crippen LogP contribution in [0.5, 0.6) is 0 Å². The van der Waals surface area contributed by atoms with Crippen LogP contribution in [0, 0.1) is 0 Å². The molecular formula is C8H8N2O2. The van der Waals surface area contributed by atoms with Crippen LogP contribution in [0.3, 0.4) is 0 Å². The van der Waals surface area contributed by atoms with Crippen molar-refractivity contribution in [2.45, 2.75) is 6.10 Å². The number of carbonyl (C=O) groups excluding carboxylic acids is 1. The highest BCUT2D eigenvalue weighted by atomic mass is 16.5. The van der Waals surface area contributed by atoms with E-state index in [1.807, 2.05) is 24.5 Å². The summed E-state index contributed by atoms with van der Waals surface area (Å²) in [6.45, 7) is 0.428. The molecule has 1 aromatic rings. The van der Waals surface area contributed by atoms with Crippen molar-refractivity contribution >= 4 is 12.3 Å². The standard InChI is InChI=1S/C8H8N2O2/c11-6-7-5-9-8(12-7)10-3-1-2-4-10/h1-4,6-7H,5H2. The van der Waals surface area contributed by atoms with E-state index in [9.17, 15) is 4.79 Å². The molecule has 0 fully saturated rings. The monoisotopic (exact) mass is 164 g/mol. The second-order valence-electron chi connectivity index (χ2n) is 2.51. The second kappa shape index (κ2) is 2.81.